The summed E-state index contributed by atoms with van der Waals surface area (Å²) in [4.78, 5) is 2.09. The zero-order valence-electron chi connectivity index (χ0n) is 10.7. The molecule has 0 saturated heterocycles. The minimum atomic E-state index is -0.230. The van der Waals surface area contributed by atoms with Crippen molar-refractivity contribution in [2.45, 2.75) is 19.5 Å². The van der Waals surface area contributed by atoms with Gasteiger partial charge in [-0.2, -0.15) is 5.10 Å². The van der Waals surface area contributed by atoms with Crippen molar-refractivity contribution >= 4 is 11.6 Å². The first-order chi connectivity index (χ1) is 8.06. The lowest BCUT2D eigenvalue weighted by molar-refractivity contribution is 0.131. The number of likely N-dealkylation sites (N-methyl/N-ethyl adjacent to an activating group) is 1. The molecule has 98 valence electrons. The molecule has 0 fully saturated rings. The molecule has 5 nitrogen and oxygen atoms in total. The van der Waals surface area contributed by atoms with E-state index in [9.17, 15) is 0 Å². The molecule has 1 atom stereocenters. The first kappa shape index (κ1) is 14.4. The molecule has 0 aliphatic heterocycles. The third-order valence-electron chi connectivity index (χ3n) is 2.45. The Hall–Kier alpha value is -0.620. The lowest BCUT2D eigenvalue weighted by atomic mass is 10.2. The fourth-order valence-corrected chi connectivity index (χ4v) is 1.82. The van der Waals surface area contributed by atoms with Crippen LogP contribution in [0.2, 0.25) is 5.02 Å². The Morgan fingerprint density at radius 2 is 2.29 bits per heavy atom. The van der Waals surface area contributed by atoms with E-state index in [0.717, 1.165) is 18.8 Å². The van der Waals surface area contributed by atoms with E-state index in [1.165, 1.54) is 0 Å². The highest BCUT2D eigenvalue weighted by Gasteiger charge is 2.16. The monoisotopic (exact) mass is 260 g/mol. The van der Waals surface area contributed by atoms with Crippen LogP contribution in [0.5, 0.6) is 0 Å². The standard InChI is InChI=1S/C11H21ClN4O/c1-4-17-8-10(13)11-9(12)7-14-16(11)6-5-15(2)3/h7,10H,4-6,8,13H2,1-3H3. The van der Waals surface area contributed by atoms with Gasteiger partial charge in [0.2, 0.25) is 0 Å². The minimum absolute atomic E-state index is 0.230. The van der Waals surface area contributed by atoms with E-state index in [4.69, 9.17) is 22.1 Å². The molecule has 1 heterocycles. The van der Waals surface area contributed by atoms with Gasteiger partial charge in [-0.3, -0.25) is 4.68 Å². The van der Waals surface area contributed by atoms with Gasteiger partial charge in [-0.25, -0.2) is 0 Å². The zero-order chi connectivity index (χ0) is 12.8. The van der Waals surface area contributed by atoms with E-state index in [2.05, 4.69) is 10.00 Å². The number of rotatable bonds is 7. The van der Waals surface area contributed by atoms with E-state index in [1.807, 2.05) is 25.7 Å². The van der Waals surface area contributed by atoms with Gasteiger partial charge >= 0.3 is 0 Å². The molecule has 17 heavy (non-hydrogen) atoms. The second-order valence-electron chi connectivity index (χ2n) is 4.17. The number of hydrogen-bond acceptors (Lipinski definition) is 4. The molecule has 0 spiro atoms. The van der Waals surface area contributed by atoms with Crippen molar-refractivity contribution in [3.8, 4) is 0 Å². The second kappa shape index (κ2) is 6.96. The van der Waals surface area contributed by atoms with Crippen LogP contribution < -0.4 is 5.73 Å². The maximum Gasteiger partial charge on any atom is 0.0834 e. The Morgan fingerprint density at radius 1 is 1.59 bits per heavy atom. The summed E-state index contributed by atoms with van der Waals surface area (Å²) >= 11 is 6.10. The van der Waals surface area contributed by atoms with Crippen LogP contribution in [-0.4, -0.2) is 48.5 Å². The number of nitrogens with two attached hydrogens (primary N) is 1. The smallest absolute Gasteiger partial charge is 0.0834 e. The van der Waals surface area contributed by atoms with E-state index in [1.54, 1.807) is 6.20 Å². The highest BCUT2D eigenvalue weighted by molar-refractivity contribution is 6.31. The predicted molar refractivity (Wildman–Crippen MR) is 69.2 cm³/mol. The third-order valence-corrected chi connectivity index (χ3v) is 2.74. The lowest BCUT2D eigenvalue weighted by Crippen LogP contribution is -2.25. The van der Waals surface area contributed by atoms with Crippen LogP contribution in [0.25, 0.3) is 0 Å². The third kappa shape index (κ3) is 4.27. The van der Waals surface area contributed by atoms with Gasteiger partial charge in [-0.1, -0.05) is 11.6 Å². The Morgan fingerprint density at radius 3 is 2.88 bits per heavy atom. The quantitative estimate of drug-likeness (QED) is 0.799. The van der Waals surface area contributed by atoms with Crippen molar-refractivity contribution in [1.29, 1.82) is 0 Å². The van der Waals surface area contributed by atoms with E-state index in [0.29, 0.717) is 18.2 Å². The van der Waals surface area contributed by atoms with Gasteiger partial charge in [0.05, 0.1) is 36.1 Å². The van der Waals surface area contributed by atoms with E-state index in [-0.39, 0.29) is 6.04 Å². The molecule has 0 aromatic carbocycles. The number of ether oxygens (including phenoxy) is 1. The molecule has 0 radical (unpaired) electrons. The van der Waals surface area contributed by atoms with Gasteiger partial charge in [0.1, 0.15) is 0 Å². The first-order valence-electron chi connectivity index (χ1n) is 5.75. The lowest BCUT2D eigenvalue weighted by Gasteiger charge is -2.16. The molecule has 1 aromatic rings. The van der Waals surface area contributed by atoms with Crippen molar-refractivity contribution in [2.24, 2.45) is 5.73 Å². The molecular weight excluding hydrogens is 240 g/mol. The topological polar surface area (TPSA) is 56.3 Å². The highest BCUT2D eigenvalue weighted by atomic mass is 35.5. The van der Waals surface area contributed by atoms with Gasteiger partial charge in [0, 0.05) is 13.2 Å². The van der Waals surface area contributed by atoms with Crippen LogP contribution in [0.4, 0.5) is 0 Å². The SMILES string of the molecule is CCOCC(N)c1c(Cl)cnn1CCN(C)C. The normalized spacial score (nSPS) is 13.3. The fraction of sp³-hybridized carbons (Fsp3) is 0.727. The van der Waals surface area contributed by atoms with Crippen LogP contribution in [0.1, 0.15) is 18.7 Å². The van der Waals surface area contributed by atoms with Crippen molar-refractivity contribution in [3.63, 3.8) is 0 Å². The maximum absolute atomic E-state index is 6.10. The molecule has 0 amide bonds. The molecular formula is C11H21ClN4O. The van der Waals surface area contributed by atoms with Gasteiger partial charge in [-0.15, -0.1) is 0 Å². The zero-order valence-corrected chi connectivity index (χ0v) is 11.4. The molecule has 1 rings (SSSR count). The number of aromatic nitrogens is 2. The number of nitrogens with zero attached hydrogens (tertiary/aromatic N) is 3. The molecule has 6 heteroatoms. The average Bonchev–Trinajstić information content (AvgIpc) is 2.64. The summed E-state index contributed by atoms with van der Waals surface area (Å²) < 4.78 is 7.17. The molecule has 2 N–H and O–H groups in total. The molecule has 1 unspecified atom stereocenters. The largest absolute Gasteiger partial charge is 0.380 e. The average molecular weight is 261 g/mol. The molecule has 0 bridgehead atoms. The van der Waals surface area contributed by atoms with Crippen LogP contribution in [0, 0.1) is 0 Å². The van der Waals surface area contributed by atoms with Gasteiger partial charge < -0.3 is 15.4 Å². The molecule has 0 aliphatic carbocycles. The van der Waals surface area contributed by atoms with Crippen LogP contribution in [-0.2, 0) is 11.3 Å². The van der Waals surface area contributed by atoms with Gasteiger partial charge in [0.15, 0.2) is 0 Å². The summed E-state index contributed by atoms with van der Waals surface area (Å²) in [7, 11) is 4.04. The van der Waals surface area contributed by atoms with Crippen molar-refractivity contribution < 1.29 is 4.74 Å². The Bertz CT molecular complexity index is 340. The van der Waals surface area contributed by atoms with Crippen molar-refractivity contribution in [2.75, 3.05) is 33.9 Å². The highest BCUT2D eigenvalue weighted by Crippen LogP contribution is 2.21. The first-order valence-corrected chi connectivity index (χ1v) is 6.13. The minimum Gasteiger partial charge on any atom is -0.380 e. The Labute approximate surface area is 107 Å². The molecule has 0 aliphatic rings. The van der Waals surface area contributed by atoms with E-state index >= 15 is 0 Å². The van der Waals surface area contributed by atoms with Crippen LogP contribution >= 0.6 is 11.6 Å². The van der Waals surface area contributed by atoms with Crippen molar-refractivity contribution in [1.82, 2.24) is 14.7 Å². The van der Waals surface area contributed by atoms with Crippen LogP contribution in [0.3, 0.4) is 0 Å². The predicted octanol–water partition coefficient (Wildman–Crippen LogP) is 1.13. The summed E-state index contributed by atoms with van der Waals surface area (Å²) in [6.45, 7) is 4.72. The van der Waals surface area contributed by atoms with Gasteiger partial charge in [-0.05, 0) is 21.0 Å². The molecule has 1 aromatic heterocycles. The number of hydrogen-bond donors (Lipinski definition) is 1. The summed E-state index contributed by atoms with van der Waals surface area (Å²) in [6.07, 6.45) is 1.64. The molecule has 0 saturated carbocycles. The summed E-state index contributed by atoms with van der Waals surface area (Å²) in [5, 5.41) is 4.85. The van der Waals surface area contributed by atoms with E-state index < -0.39 is 0 Å². The van der Waals surface area contributed by atoms with Crippen LogP contribution in [0.15, 0.2) is 6.20 Å². The summed E-state index contributed by atoms with van der Waals surface area (Å²) in [6, 6.07) is -0.230. The summed E-state index contributed by atoms with van der Waals surface area (Å²) in [5.74, 6) is 0. The fourth-order valence-electron chi connectivity index (χ4n) is 1.54. The number of halogens is 1. The maximum atomic E-state index is 6.10. The van der Waals surface area contributed by atoms with Crippen molar-refractivity contribution in [3.05, 3.63) is 16.9 Å². The Balaban J connectivity index is 2.71. The second-order valence-corrected chi connectivity index (χ2v) is 4.58. The van der Waals surface area contributed by atoms with Gasteiger partial charge in [0.25, 0.3) is 0 Å². The summed E-state index contributed by atoms with van der Waals surface area (Å²) in [5.41, 5.74) is 6.90. The Kier molecular flexibility index (Phi) is 5.91.